The highest BCUT2D eigenvalue weighted by molar-refractivity contribution is 6.32. The molecule has 10 amide bonds. The first-order valence-electron chi connectivity index (χ1n) is 39.9. The van der Waals surface area contributed by atoms with Gasteiger partial charge in [-0.2, -0.15) is 0 Å². The molecule has 6 aromatic carbocycles. The first-order valence-corrected chi connectivity index (χ1v) is 40.7. The van der Waals surface area contributed by atoms with Crippen molar-refractivity contribution in [3.63, 3.8) is 0 Å². The molecule has 7 aliphatic heterocycles. The summed E-state index contributed by atoms with van der Waals surface area (Å²) in [6.45, 7) is 3.78. The summed E-state index contributed by atoms with van der Waals surface area (Å²) in [5.74, 6) is -21.2. The molecule has 43 heteroatoms. The van der Waals surface area contributed by atoms with Crippen molar-refractivity contribution in [1.29, 1.82) is 0 Å². The minimum Gasteiger partial charge on any atom is -0.508 e. The fourth-order valence-electron chi connectivity index (χ4n) is 15.2. The highest BCUT2D eigenvalue weighted by Gasteiger charge is 2.57. The number of rotatable bonds is 25. The van der Waals surface area contributed by atoms with Crippen LogP contribution in [-0.2, 0) is 79.9 Å². The number of hydrogen-bond acceptors (Lipinski definition) is 30. The number of fused-ring (bicyclic) bond motifs is 15. The number of carboxylic acid groups (broad SMARTS) is 1. The number of aliphatic hydroxyl groups is 6. The van der Waals surface area contributed by atoms with Crippen molar-refractivity contribution in [2.24, 2.45) is 23.1 Å². The second-order valence-electron chi connectivity index (χ2n) is 31.8. The van der Waals surface area contributed by atoms with Gasteiger partial charge in [-0.05, 0) is 159 Å². The van der Waals surface area contributed by atoms with Crippen LogP contribution in [0.25, 0.3) is 11.1 Å². The van der Waals surface area contributed by atoms with Gasteiger partial charge in [-0.3, -0.25) is 47.9 Å². The van der Waals surface area contributed by atoms with E-state index in [-0.39, 0.29) is 78.1 Å². The third-order valence-corrected chi connectivity index (χ3v) is 22.5. The molecular formula is C83H99Cl2N13O28. The van der Waals surface area contributed by atoms with Gasteiger partial charge in [-0.15, -0.1) is 0 Å². The first kappa shape index (κ1) is 94.9. The number of unbranched alkanes of at least 4 members (excludes halogenated alkanes) is 1. The molecule has 11 bridgehead atoms. The van der Waals surface area contributed by atoms with Crippen molar-refractivity contribution in [2.75, 3.05) is 26.7 Å². The van der Waals surface area contributed by atoms with Gasteiger partial charge in [0.2, 0.25) is 64.8 Å². The van der Waals surface area contributed by atoms with E-state index in [1.54, 1.807) is 13.8 Å². The number of halogens is 2. The topological polar surface area (TPSA) is 664 Å². The number of phenols is 4. The Bertz CT molecular complexity index is 5130. The maximum absolute atomic E-state index is 16.5. The van der Waals surface area contributed by atoms with Crippen LogP contribution in [0.4, 0.5) is 0 Å². The Labute approximate surface area is 728 Å². The number of primary amides is 1. The molecule has 126 heavy (non-hydrogen) atoms. The van der Waals surface area contributed by atoms with Gasteiger partial charge >= 0.3 is 5.97 Å². The van der Waals surface area contributed by atoms with E-state index < -0.39 is 280 Å². The van der Waals surface area contributed by atoms with Gasteiger partial charge in [-0.25, -0.2) is 4.79 Å². The normalized spacial score (nSPS) is 26.3. The molecule has 13 rings (SSSR count). The Morgan fingerprint density at radius 2 is 1.31 bits per heavy atom. The van der Waals surface area contributed by atoms with Crippen LogP contribution in [0.15, 0.2) is 103 Å². The molecule has 0 spiro atoms. The van der Waals surface area contributed by atoms with Crippen LogP contribution in [0.1, 0.15) is 124 Å². The van der Waals surface area contributed by atoms with Gasteiger partial charge in [0.05, 0.1) is 47.9 Å². The number of nitrogens with one attached hydrogen (secondary N) is 10. The number of ether oxygens (including phenoxy) is 6. The molecule has 678 valence electrons. The quantitative estimate of drug-likeness (QED) is 0.0244. The lowest BCUT2D eigenvalue weighted by atomic mass is 9.83. The number of benzene rings is 6. The summed E-state index contributed by atoms with van der Waals surface area (Å²) in [6, 6.07) is 4.95. The maximum atomic E-state index is 16.5. The minimum absolute atomic E-state index is 0.00626. The smallest absolute Gasteiger partial charge is 0.326 e. The summed E-state index contributed by atoms with van der Waals surface area (Å²) in [4.78, 5) is 167. The van der Waals surface area contributed by atoms with E-state index in [0.29, 0.717) is 5.56 Å². The number of phenolic OH excluding ortho intramolecular Hbond substituents is 4. The van der Waals surface area contributed by atoms with Crippen LogP contribution in [0, 0.1) is 5.92 Å². The van der Waals surface area contributed by atoms with E-state index >= 15 is 33.6 Å². The van der Waals surface area contributed by atoms with Crippen LogP contribution < -0.4 is 84.6 Å². The molecule has 41 nitrogen and oxygen atoms in total. The number of aliphatic hydroxyl groups excluding tert-OH is 6. The van der Waals surface area contributed by atoms with Crippen LogP contribution >= 0.6 is 23.2 Å². The van der Waals surface area contributed by atoms with Crippen molar-refractivity contribution in [3.05, 3.63) is 147 Å². The largest absolute Gasteiger partial charge is 0.508 e. The van der Waals surface area contributed by atoms with Crippen molar-refractivity contribution in [3.8, 4) is 62.9 Å². The monoisotopic (exact) mass is 1800 g/mol. The summed E-state index contributed by atoms with van der Waals surface area (Å²) in [5.41, 5.74) is 11.5. The SMILES string of the molecule is CN[C@H](CC(C)C)C(=O)N[C@@]1(C(=O)N[C@@H](CCCCN)C(=O)NCC(=O)N[C@@H](Cc2ccc(O)cc2)C(=O)O)C(=O)N[C@@H](CC(N)=O)C(=O)N[C@H]2C(=O)N[C@H]3C(=O)N[C@H](C(=O)NCc4cc(O)cc(O)c4-c4cc3ccc4O)[C@H](O[C@H]3C[C@](C)(N)[C@@H](O)[C@H](C)O3)c3ccc(c(Cl)c3)Oc3cc2cc(c3O[C@@H]2O[C@H](CO)[C@@H](O)[C@H](O)[C@H]2O)Oc2ccc(cc2Cl)[C@H]1O. The van der Waals surface area contributed by atoms with Crippen molar-refractivity contribution in [1.82, 2.24) is 53.2 Å². The number of nitrogens with two attached hydrogens (primary N) is 3. The second-order valence-corrected chi connectivity index (χ2v) is 32.6. The number of aromatic hydroxyl groups is 4. The third kappa shape index (κ3) is 21.5. The highest BCUT2D eigenvalue weighted by atomic mass is 35.5. The molecule has 2 fully saturated rings. The zero-order valence-electron chi connectivity index (χ0n) is 68.3. The Kier molecular flexibility index (Phi) is 30.3. The molecule has 6 aromatic rings. The predicted molar refractivity (Wildman–Crippen MR) is 441 cm³/mol. The fraction of sp³-hybridized carbons (Fsp3) is 0.434. The predicted octanol–water partition coefficient (Wildman–Crippen LogP) is -0.902. The lowest BCUT2D eigenvalue weighted by Gasteiger charge is -2.44. The van der Waals surface area contributed by atoms with Crippen LogP contribution in [-0.4, -0.2) is 238 Å². The van der Waals surface area contributed by atoms with E-state index in [4.69, 9.17) is 68.8 Å². The highest BCUT2D eigenvalue weighted by Crippen LogP contribution is 2.50. The fourth-order valence-corrected chi connectivity index (χ4v) is 15.7. The first-order chi connectivity index (χ1) is 59.6. The van der Waals surface area contributed by atoms with E-state index in [1.165, 1.54) is 63.4 Å². The Balaban J connectivity index is 1.13. The number of amides is 10. The van der Waals surface area contributed by atoms with E-state index in [9.17, 15) is 75.3 Å². The summed E-state index contributed by atoms with van der Waals surface area (Å²) >= 11 is 14.6. The van der Waals surface area contributed by atoms with Crippen molar-refractivity contribution < 1.29 is 137 Å². The van der Waals surface area contributed by atoms with Gasteiger partial charge < -0.3 is 155 Å². The Morgan fingerprint density at radius 1 is 0.675 bits per heavy atom. The third-order valence-electron chi connectivity index (χ3n) is 21.9. The number of aliphatic carboxylic acids is 1. The molecule has 27 N–H and O–H groups in total. The van der Waals surface area contributed by atoms with Gasteiger partial charge in [0, 0.05) is 42.1 Å². The average Bonchev–Trinajstić information content (AvgIpc) is 0.755. The molecule has 0 aliphatic carbocycles. The van der Waals surface area contributed by atoms with E-state index in [1.807, 2.05) is 0 Å². The van der Waals surface area contributed by atoms with E-state index in [0.717, 1.165) is 60.7 Å². The molecular weight excluding hydrogens is 1700 g/mol. The second kappa shape index (κ2) is 40.2. The molecule has 0 aromatic heterocycles. The average molecular weight is 1800 g/mol. The zero-order valence-corrected chi connectivity index (χ0v) is 69.8. The van der Waals surface area contributed by atoms with Gasteiger partial charge in [-0.1, -0.05) is 67.4 Å². The maximum Gasteiger partial charge on any atom is 0.326 e. The number of carbonyl (C=O) groups excluding carboxylic acids is 10. The Hall–Kier alpha value is -11.8. The van der Waals surface area contributed by atoms with Crippen LogP contribution in [0.5, 0.6) is 51.7 Å². The standard InChI is InChI=1S/C83H99Cl2N13O28/c1-34(2)20-48(89-5)74(113)98-83(80(119)93-47(8-6-7-19-86)72(111)91-32-59(105)92-50(78(117)118)21-36-9-14-42(100)15-10-36)71(110)39-13-18-54(46(85)25-39)123-56-27-40-26-55(69(56)126-79-67(108)66(107)65(106)57(33-99)124-79)122-53-17-12-38(24-45(53)84)68(125-60-30-82(4,88)70(109)35(3)121-60)64-75(114)90-31-41-22-43(101)28-52(103)61(41)44-23-37(11-16-51(44)102)62(76(115)97-64)96-77(116)63(40)95-73(112)49(29-58(87)104)94-81(83)120/h9-18,22-28,34-35,47-50,57,60,62-68,70-71,79,89,99-103,106-110H,6-8,19-21,29-33,86,88H2,1-5H3,(H2,87,104)(H,90,114)(H,91,111)(H,92,105)(H,93,119)(H,94,120)(H,95,112)(H,96,116)(H,97,115)(H,98,113)(H,117,118)/t35-,47-,48+,49-,50-,57+,60-,62+,63+,64-,65+,66-,67+,68+,70-,71+,79-,82-,83-/m0/s1. The van der Waals surface area contributed by atoms with Gasteiger partial charge in [0.1, 0.15) is 107 Å². The molecule has 19 atom stereocenters. The lowest BCUT2D eigenvalue weighted by Crippen LogP contribution is -2.73. The minimum atomic E-state index is -3.67. The summed E-state index contributed by atoms with van der Waals surface area (Å²) in [7, 11) is 1.33. The molecule has 7 heterocycles. The molecule has 2 saturated heterocycles. The number of likely N-dealkylation sites (N-methyl/N-ethyl adjacent to an activating group) is 1. The molecule has 0 unspecified atom stereocenters. The van der Waals surface area contributed by atoms with Gasteiger partial charge in [0.15, 0.2) is 17.8 Å². The van der Waals surface area contributed by atoms with Crippen molar-refractivity contribution >= 4 is 88.2 Å². The molecule has 0 saturated carbocycles. The summed E-state index contributed by atoms with van der Waals surface area (Å²) in [6.07, 6.45) is -21.1. The summed E-state index contributed by atoms with van der Waals surface area (Å²) < 4.78 is 38.5. The van der Waals surface area contributed by atoms with Crippen LogP contribution in [0.2, 0.25) is 10.0 Å². The van der Waals surface area contributed by atoms with Crippen LogP contribution in [0.3, 0.4) is 0 Å². The summed E-state index contributed by atoms with van der Waals surface area (Å²) in [5, 5.41) is 147. The Morgan fingerprint density at radius 3 is 1.93 bits per heavy atom. The number of hydrogen-bond donors (Lipinski definition) is 24. The molecule has 7 aliphatic rings. The lowest BCUT2D eigenvalue weighted by molar-refractivity contribution is -0.277. The molecule has 0 radical (unpaired) electrons. The van der Waals surface area contributed by atoms with Gasteiger partial charge in [0.25, 0.3) is 11.8 Å². The zero-order chi connectivity index (χ0) is 91.8. The number of carbonyl (C=O) groups is 11. The van der Waals surface area contributed by atoms with Crippen molar-refractivity contribution in [2.45, 2.75) is 194 Å². The van der Waals surface area contributed by atoms with E-state index in [2.05, 4.69) is 53.2 Å². The number of carboxylic acids is 1.